The van der Waals surface area contributed by atoms with Gasteiger partial charge in [0.1, 0.15) is 0 Å². The van der Waals surface area contributed by atoms with Crippen molar-refractivity contribution in [2.75, 3.05) is 14.1 Å². The second-order valence-electron chi connectivity index (χ2n) is 4.88. The third kappa shape index (κ3) is 2.99. The van der Waals surface area contributed by atoms with E-state index in [1.54, 1.807) is 25.2 Å². The van der Waals surface area contributed by atoms with Crippen LogP contribution >= 0.6 is 11.6 Å². The molecule has 2 aromatic rings. The average molecular weight is 337 g/mol. The Balaban J connectivity index is 2.00. The maximum atomic E-state index is 12.1. The van der Waals surface area contributed by atoms with Crippen LogP contribution in [-0.4, -0.2) is 25.1 Å². The number of hydrogen-bond donors (Lipinski definition) is 2. The van der Waals surface area contributed by atoms with Crippen molar-refractivity contribution >= 4 is 28.7 Å². The van der Waals surface area contributed by atoms with E-state index >= 15 is 0 Å². The van der Waals surface area contributed by atoms with Gasteiger partial charge in [0.2, 0.25) is 9.79 Å². The molecule has 5 nitrogen and oxygen atoms in total. The number of nitrogens with zero attached hydrogens (tertiary/aromatic N) is 1. The zero-order valence-corrected chi connectivity index (χ0v) is 13.7. The van der Waals surface area contributed by atoms with E-state index in [4.69, 9.17) is 16.3 Å². The van der Waals surface area contributed by atoms with Crippen LogP contribution in [0.15, 0.2) is 52.3 Å². The molecule has 0 aliphatic carbocycles. The van der Waals surface area contributed by atoms with Gasteiger partial charge in [-0.3, -0.25) is 5.43 Å². The quantitative estimate of drug-likeness (QED) is 0.654. The van der Waals surface area contributed by atoms with Gasteiger partial charge in [0.05, 0.1) is 0 Å². The summed E-state index contributed by atoms with van der Waals surface area (Å²) < 4.78 is 8.88. The van der Waals surface area contributed by atoms with E-state index in [0.717, 1.165) is 15.5 Å². The smallest absolute Gasteiger partial charge is 0.371 e. The Morgan fingerprint density at radius 1 is 1.14 bits per heavy atom. The third-order valence-corrected chi connectivity index (χ3v) is 5.10. The minimum atomic E-state index is -0.649. The number of rotatable bonds is 2. The van der Waals surface area contributed by atoms with Gasteiger partial charge >= 0.3 is 6.03 Å². The van der Waals surface area contributed by atoms with Gasteiger partial charge in [0.25, 0.3) is 0 Å². The first-order chi connectivity index (χ1) is 10.5. The van der Waals surface area contributed by atoms with Gasteiger partial charge < -0.3 is 4.74 Å². The Morgan fingerprint density at radius 2 is 1.86 bits per heavy atom. The van der Waals surface area contributed by atoms with Gasteiger partial charge in [-0.2, -0.15) is 0 Å². The number of amides is 2. The molecule has 1 aliphatic heterocycles. The molecule has 2 amide bonds. The number of nitrogens with one attached hydrogen (secondary N) is 2. The van der Waals surface area contributed by atoms with E-state index in [0.29, 0.717) is 10.8 Å². The van der Waals surface area contributed by atoms with E-state index in [-0.39, 0.29) is 6.03 Å². The molecule has 1 aliphatic rings. The van der Waals surface area contributed by atoms with E-state index < -0.39 is 11.1 Å². The number of ether oxygens (including phenoxy) is 1. The summed E-state index contributed by atoms with van der Waals surface area (Å²) in [6, 6.07) is 12.8. The SMILES string of the molecule is CN(C)NC(=O)N[S+]1c2ccccc2Oc2ccc(Cl)cc21. The zero-order chi connectivity index (χ0) is 15.7. The predicted octanol–water partition coefficient (Wildman–Crippen LogP) is 3.17. The summed E-state index contributed by atoms with van der Waals surface area (Å²) in [7, 11) is 3.51. The number of para-hydroxylation sites is 1. The lowest BCUT2D eigenvalue weighted by Crippen LogP contribution is -2.46. The number of fused-ring (bicyclic) bond motifs is 2. The molecule has 22 heavy (non-hydrogen) atoms. The summed E-state index contributed by atoms with van der Waals surface area (Å²) in [6.45, 7) is 0. The van der Waals surface area contributed by atoms with Crippen LogP contribution in [-0.2, 0) is 11.1 Å². The van der Waals surface area contributed by atoms with Gasteiger partial charge in [-0.1, -0.05) is 23.7 Å². The Labute approximate surface area is 136 Å². The van der Waals surface area contributed by atoms with E-state index in [2.05, 4.69) is 10.1 Å². The third-order valence-electron chi connectivity index (χ3n) is 2.93. The average Bonchev–Trinajstić information content (AvgIpc) is 2.47. The standard InChI is InChI=1S/C15H14ClN3O2S/c1-19(2)17-15(20)18-22-13-6-4-3-5-11(13)21-12-8-7-10(16)9-14(12)22/h3-9H,1-2H3,(H-,17,18,20)/p+1. The van der Waals surface area contributed by atoms with Crippen LogP contribution < -0.4 is 14.9 Å². The first-order valence-electron chi connectivity index (χ1n) is 6.60. The van der Waals surface area contributed by atoms with Crippen molar-refractivity contribution in [3.63, 3.8) is 0 Å². The molecule has 0 bridgehead atoms. The topological polar surface area (TPSA) is 53.6 Å². The maximum Gasteiger partial charge on any atom is 0.371 e. The van der Waals surface area contributed by atoms with Crippen molar-refractivity contribution in [3.05, 3.63) is 47.5 Å². The van der Waals surface area contributed by atoms with Crippen LogP contribution in [0.25, 0.3) is 0 Å². The van der Waals surface area contributed by atoms with E-state index in [1.165, 1.54) is 0 Å². The summed E-state index contributed by atoms with van der Waals surface area (Å²) in [5, 5.41) is 2.19. The van der Waals surface area contributed by atoms with Crippen LogP contribution in [0.1, 0.15) is 0 Å². The van der Waals surface area contributed by atoms with E-state index in [1.807, 2.05) is 36.4 Å². The molecule has 3 rings (SSSR count). The molecular weight excluding hydrogens is 322 g/mol. The molecule has 1 heterocycles. The molecule has 1 unspecified atom stereocenters. The minimum absolute atomic E-state index is 0.282. The fraction of sp³-hybridized carbons (Fsp3) is 0.133. The Morgan fingerprint density at radius 3 is 2.64 bits per heavy atom. The highest BCUT2D eigenvalue weighted by atomic mass is 35.5. The summed E-state index contributed by atoms with van der Waals surface area (Å²) in [4.78, 5) is 13.9. The highest BCUT2D eigenvalue weighted by Gasteiger charge is 2.39. The first-order valence-corrected chi connectivity index (χ1v) is 8.20. The summed E-state index contributed by atoms with van der Waals surface area (Å²) >= 11 is 5.45. The zero-order valence-electron chi connectivity index (χ0n) is 12.1. The second kappa shape index (κ2) is 6.08. The normalized spacial score (nSPS) is 15.5. The lowest BCUT2D eigenvalue weighted by molar-refractivity contribution is 0.218. The molecular formula is C15H15ClN3O2S+. The van der Waals surface area contributed by atoms with Crippen LogP contribution in [0.2, 0.25) is 5.02 Å². The Bertz CT molecular complexity index is 724. The second-order valence-corrected chi connectivity index (χ2v) is 7.02. The lowest BCUT2D eigenvalue weighted by Gasteiger charge is -2.20. The maximum absolute atomic E-state index is 12.1. The molecule has 1 atom stereocenters. The van der Waals surface area contributed by atoms with Gasteiger partial charge in [-0.05, 0) is 18.2 Å². The van der Waals surface area contributed by atoms with Crippen molar-refractivity contribution in [2.24, 2.45) is 0 Å². The molecule has 0 radical (unpaired) electrons. The van der Waals surface area contributed by atoms with Gasteiger partial charge in [0.15, 0.2) is 22.6 Å². The van der Waals surface area contributed by atoms with Crippen molar-refractivity contribution in [1.82, 2.24) is 15.2 Å². The number of carbonyl (C=O) groups excluding carboxylic acids is 1. The summed E-state index contributed by atoms with van der Waals surface area (Å²) in [5.74, 6) is 1.45. The largest absolute Gasteiger partial charge is 0.447 e. The molecule has 0 spiro atoms. The molecule has 0 fully saturated rings. The number of urea groups is 1. The van der Waals surface area contributed by atoms with Crippen LogP contribution in [0.4, 0.5) is 4.79 Å². The van der Waals surface area contributed by atoms with Crippen molar-refractivity contribution < 1.29 is 9.53 Å². The molecule has 0 saturated heterocycles. The first kappa shape index (κ1) is 15.0. The van der Waals surface area contributed by atoms with Crippen molar-refractivity contribution in [3.8, 4) is 11.5 Å². The summed E-state index contributed by atoms with van der Waals surface area (Å²) in [5.41, 5.74) is 2.68. The highest BCUT2D eigenvalue weighted by Crippen LogP contribution is 2.43. The highest BCUT2D eigenvalue weighted by molar-refractivity contribution is 7.96. The van der Waals surface area contributed by atoms with Crippen LogP contribution in [0, 0.1) is 0 Å². The molecule has 114 valence electrons. The van der Waals surface area contributed by atoms with Gasteiger partial charge in [-0.15, -0.1) is 4.72 Å². The molecule has 2 aromatic carbocycles. The number of carbonyl (C=O) groups is 1. The van der Waals surface area contributed by atoms with Gasteiger partial charge in [0, 0.05) is 31.3 Å². The molecule has 0 aromatic heterocycles. The molecule has 7 heteroatoms. The molecule has 2 N–H and O–H groups in total. The van der Waals surface area contributed by atoms with Crippen molar-refractivity contribution in [1.29, 1.82) is 0 Å². The fourth-order valence-electron chi connectivity index (χ4n) is 2.09. The predicted molar refractivity (Wildman–Crippen MR) is 87.2 cm³/mol. The lowest BCUT2D eigenvalue weighted by atomic mass is 10.3. The van der Waals surface area contributed by atoms with E-state index in [9.17, 15) is 4.79 Å². The number of hydrogen-bond acceptors (Lipinski definition) is 3. The monoisotopic (exact) mass is 336 g/mol. The number of hydrazine groups is 1. The minimum Gasteiger partial charge on any atom is -0.447 e. The number of benzene rings is 2. The van der Waals surface area contributed by atoms with Crippen LogP contribution in [0.3, 0.4) is 0 Å². The van der Waals surface area contributed by atoms with Crippen LogP contribution in [0.5, 0.6) is 11.5 Å². The van der Waals surface area contributed by atoms with Crippen molar-refractivity contribution in [2.45, 2.75) is 9.79 Å². The molecule has 0 saturated carbocycles. The Hall–Kier alpha value is -1.89. The fourth-order valence-corrected chi connectivity index (χ4v) is 4.10. The summed E-state index contributed by atoms with van der Waals surface area (Å²) in [6.07, 6.45) is 0. The Kier molecular flexibility index (Phi) is 4.15. The van der Waals surface area contributed by atoms with Gasteiger partial charge in [-0.25, -0.2) is 9.80 Å². The number of halogens is 1.